The van der Waals surface area contributed by atoms with Gasteiger partial charge in [-0.2, -0.15) is 0 Å². The number of benzene rings is 4. The SMILES string of the molecule is C=CC(CO)CCC.CCCC1COC(C(COCc2ccccc2)COCc2ccccc2)CC1Br.O=CC(COCc1ccccc1)COCc1ccccc1.[Br][Bi]([Br])[Br]. The summed E-state index contributed by atoms with van der Waals surface area (Å²) in [6.45, 7) is 13.3. The van der Waals surface area contributed by atoms with E-state index in [4.69, 9.17) is 28.8 Å². The molecule has 7 nitrogen and oxygen atoms in total. The van der Waals surface area contributed by atoms with Gasteiger partial charge in [0, 0.05) is 17.4 Å². The molecule has 0 radical (unpaired) electrons. The van der Waals surface area contributed by atoms with Crippen LogP contribution in [0, 0.1) is 23.7 Å². The van der Waals surface area contributed by atoms with Crippen LogP contribution in [0.1, 0.15) is 68.2 Å². The van der Waals surface area contributed by atoms with Gasteiger partial charge in [0.15, 0.2) is 0 Å². The molecule has 0 bridgehead atoms. The van der Waals surface area contributed by atoms with E-state index >= 15 is 0 Å². The molecule has 342 valence electrons. The number of ether oxygens (including phenoxy) is 5. The second-order valence-corrected chi connectivity index (χ2v) is 61.4. The predicted octanol–water partition coefficient (Wildman–Crippen LogP) is 13.0. The third kappa shape index (κ3) is 28.0. The Morgan fingerprint density at radius 1 is 0.677 bits per heavy atom. The van der Waals surface area contributed by atoms with Crippen LogP contribution < -0.4 is 0 Å². The van der Waals surface area contributed by atoms with Crippen molar-refractivity contribution < 1.29 is 33.6 Å². The third-order valence-electron chi connectivity index (χ3n) is 9.87. The molecule has 5 rings (SSSR count). The molecule has 0 aliphatic carbocycles. The van der Waals surface area contributed by atoms with Crippen molar-refractivity contribution in [2.75, 3.05) is 39.6 Å². The molecule has 1 aliphatic heterocycles. The van der Waals surface area contributed by atoms with E-state index in [2.05, 4.69) is 97.3 Å². The number of aliphatic hydroxyl groups excluding tert-OH is 1. The van der Waals surface area contributed by atoms with Gasteiger partial charge in [0.25, 0.3) is 0 Å². The maximum atomic E-state index is 11.0. The molecule has 0 spiro atoms. The van der Waals surface area contributed by atoms with Crippen LogP contribution in [0.15, 0.2) is 134 Å². The molecule has 0 aromatic heterocycles. The molecular formula is C50H67BiBr4O7. The summed E-state index contributed by atoms with van der Waals surface area (Å²) in [6, 6.07) is 40.5. The van der Waals surface area contributed by atoms with Crippen LogP contribution in [0.5, 0.6) is 0 Å². The summed E-state index contributed by atoms with van der Waals surface area (Å²) < 4.78 is 29.6. The third-order valence-corrected chi connectivity index (χ3v) is 11.0. The van der Waals surface area contributed by atoms with Crippen LogP contribution in [0.3, 0.4) is 0 Å². The molecule has 1 fully saturated rings. The normalized spacial score (nSPS) is 16.3. The van der Waals surface area contributed by atoms with Gasteiger partial charge in [-0.05, 0) is 53.4 Å². The quantitative estimate of drug-likeness (QED) is 0.0324. The fraction of sp³-hybridized carbons (Fsp3) is 0.460. The first-order valence-corrected chi connectivity index (χ1v) is 44.9. The van der Waals surface area contributed by atoms with Gasteiger partial charge < -0.3 is 33.6 Å². The van der Waals surface area contributed by atoms with Crippen LogP contribution in [-0.4, -0.2) is 76.7 Å². The number of aliphatic hydroxyl groups is 1. The molecule has 62 heavy (non-hydrogen) atoms. The second kappa shape index (κ2) is 38.0. The zero-order chi connectivity index (χ0) is 45.0. The molecule has 4 unspecified atom stereocenters. The van der Waals surface area contributed by atoms with E-state index in [0.717, 1.165) is 43.3 Å². The Kier molecular flexibility index (Phi) is 34.9. The van der Waals surface area contributed by atoms with Gasteiger partial charge in [-0.25, -0.2) is 0 Å². The summed E-state index contributed by atoms with van der Waals surface area (Å²) in [5.74, 6) is 0.926. The predicted molar refractivity (Wildman–Crippen MR) is 271 cm³/mol. The van der Waals surface area contributed by atoms with E-state index in [1.165, 1.54) is 24.0 Å². The van der Waals surface area contributed by atoms with Crippen molar-refractivity contribution in [1.82, 2.24) is 0 Å². The molecule has 12 heteroatoms. The van der Waals surface area contributed by atoms with Gasteiger partial charge in [-0.15, -0.1) is 6.58 Å². The standard InChI is InChI=1S/C25H33BrO3.C18H20O3.C7H14O.Bi.3BrH/c1-2-9-22-19-29-25(14-24(22)26)23(17-27-15-20-10-5-3-6-11-20)18-28-16-21-12-7-4-8-13-21;19-11-18(14-20-12-16-7-3-1-4-8-16)15-21-13-17-9-5-2-6-10-17;1-3-5-7(4-2)6-8;;;;/h3-8,10-13,22-25H,2,9,14-19H2,1H3;1-11,18H,12-15H2;4,7-8H,2-3,5-6H2,1H3;;3*1H/q;;;+3;;;/p-3. The van der Waals surface area contributed by atoms with Crippen LogP contribution in [-0.2, 0) is 54.9 Å². The summed E-state index contributed by atoms with van der Waals surface area (Å²) >= 11 is 12.7. The number of alkyl halides is 1. The van der Waals surface area contributed by atoms with Crippen LogP contribution >= 0.6 is 52.6 Å². The molecule has 1 heterocycles. The minimum absolute atomic E-state index is 0.166. The topological polar surface area (TPSA) is 83.5 Å². The fourth-order valence-corrected chi connectivity index (χ4v) is 7.24. The van der Waals surface area contributed by atoms with Gasteiger partial charge in [0.1, 0.15) is 6.29 Å². The summed E-state index contributed by atoms with van der Waals surface area (Å²) in [5.41, 5.74) is 4.60. The number of halogens is 4. The molecule has 0 amide bonds. The average molecular weight is 1310 g/mol. The van der Waals surface area contributed by atoms with E-state index in [1.807, 2.05) is 103 Å². The van der Waals surface area contributed by atoms with Crippen LogP contribution in [0.4, 0.5) is 0 Å². The van der Waals surface area contributed by atoms with Crippen LogP contribution in [0.2, 0.25) is 0 Å². The zero-order valence-corrected chi connectivity index (χ0v) is 46.2. The molecule has 1 saturated heterocycles. The first-order chi connectivity index (χ1) is 30.2. The molecule has 0 saturated carbocycles. The summed E-state index contributed by atoms with van der Waals surface area (Å²) in [4.78, 5) is 11.5. The first-order valence-electron chi connectivity index (χ1n) is 21.4. The molecule has 4 aromatic rings. The van der Waals surface area contributed by atoms with E-state index in [9.17, 15) is 4.79 Å². The molecule has 4 aromatic carbocycles. The van der Waals surface area contributed by atoms with Gasteiger partial charge in [0.05, 0.1) is 71.5 Å². The van der Waals surface area contributed by atoms with E-state index < -0.39 is 14.7 Å². The molecule has 1 aliphatic rings. The maximum absolute atomic E-state index is 11.0. The second-order valence-electron chi connectivity index (χ2n) is 15.0. The summed E-state index contributed by atoms with van der Waals surface area (Å²) in [5, 5.41) is 8.59. The fourth-order valence-electron chi connectivity index (χ4n) is 6.45. The average Bonchev–Trinajstić information content (AvgIpc) is 3.29. The molecule has 1 N–H and O–H groups in total. The van der Waals surface area contributed by atoms with Crippen molar-refractivity contribution in [1.29, 1.82) is 0 Å². The zero-order valence-electron chi connectivity index (χ0n) is 36.3. The Bertz CT molecular complexity index is 1540. The van der Waals surface area contributed by atoms with Crippen molar-refractivity contribution in [2.24, 2.45) is 23.7 Å². The Labute approximate surface area is 406 Å². The molecular weight excluding hydrogens is 1240 g/mol. The van der Waals surface area contributed by atoms with Gasteiger partial charge in [-0.1, -0.05) is 170 Å². The van der Waals surface area contributed by atoms with Crippen molar-refractivity contribution >= 4 is 73.6 Å². The van der Waals surface area contributed by atoms with Crippen molar-refractivity contribution in [3.05, 3.63) is 156 Å². The number of hydrogen-bond donors (Lipinski definition) is 1. The molecule has 4 atom stereocenters. The first kappa shape index (κ1) is 57.0. The number of aldehydes is 1. The Hall–Kier alpha value is -1.15. The number of carbonyl (C=O) groups is 1. The van der Waals surface area contributed by atoms with Gasteiger partial charge >= 0.3 is 51.4 Å². The Balaban J connectivity index is 0.000000348. The number of carbonyl (C=O) groups excluding carboxylic acids is 1. The Morgan fingerprint density at radius 2 is 1.06 bits per heavy atom. The van der Waals surface area contributed by atoms with Crippen molar-refractivity contribution in [3.63, 3.8) is 0 Å². The monoisotopic (exact) mass is 1300 g/mol. The van der Waals surface area contributed by atoms with E-state index in [0.29, 0.717) is 69.5 Å². The number of rotatable bonds is 24. The Morgan fingerprint density at radius 3 is 1.35 bits per heavy atom. The van der Waals surface area contributed by atoms with Gasteiger partial charge in [0.2, 0.25) is 0 Å². The van der Waals surface area contributed by atoms with Crippen molar-refractivity contribution in [2.45, 2.75) is 83.3 Å². The van der Waals surface area contributed by atoms with Gasteiger partial charge in [-0.3, -0.25) is 0 Å². The minimum atomic E-state index is -1.16. The van der Waals surface area contributed by atoms with Crippen LogP contribution in [0.25, 0.3) is 0 Å². The van der Waals surface area contributed by atoms with E-state index in [-0.39, 0.29) is 24.5 Å². The summed E-state index contributed by atoms with van der Waals surface area (Å²) in [7, 11) is 0. The van der Waals surface area contributed by atoms with Crippen molar-refractivity contribution in [3.8, 4) is 0 Å². The van der Waals surface area contributed by atoms with E-state index in [1.54, 1.807) is 0 Å². The summed E-state index contributed by atoms with van der Waals surface area (Å²) in [6.07, 6.45) is 8.47. The number of hydrogen-bond acceptors (Lipinski definition) is 7.